The van der Waals surface area contributed by atoms with Gasteiger partial charge in [-0.25, -0.2) is 0 Å². The molecule has 4 nitrogen and oxygen atoms in total. The molecule has 108 valence electrons. The number of carbonyl (C=O) groups is 1. The number of carbonyl (C=O) groups excluding carboxylic acids is 1. The van der Waals surface area contributed by atoms with E-state index < -0.39 is 0 Å². The Labute approximate surface area is 123 Å². The molecule has 0 spiro atoms. The Hall–Kier alpha value is -1.75. The lowest BCUT2D eigenvalue weighted by atomic mass is 10.2. The van der Waals surface area contributed by atoms with Gasteiger partial charge >= 0.3 is 0 Å². The number of nitrogen functional groups attached to an aromatic ring is 1. The van der Waals surface area contributed by atoms with Gasteiger partial charge in [0.2, 0.25) is 0 Å². The second-order valence-electron chi connectivity index (χ2n) is 5.04. The topological polar surface area (TPSA) is 51.3 Å². The van der Waals surface area contributed by atoms with E-state index >= 15 is 0 Å². The summed E-state index contributed by atoms with van der Waals surface area (Å²) in [7, 11) is 1.83. The summed E-state index contributed by atoms with van der Waals surface area (Å²) in [6.45, 7) is 5.61. The van der Waals surface area contributed by atoms with E-state index in [0.717, 1.165) is 13.0 Å². The lowest BCUT2D eigenvalue weighted by Gasteiger charge is -2.18. The van der Waals surface area contributed by atoms with E-state index in [0.29, 0.717) is 17.9 Å². The van der Waals surface area contributed by atoms with Crippen LogP contribution in [-0.4, -0.2) is 22.4 Å². The van der Waals surface area contributed by atoms with Gasteiger partial charge in [-0.2, -0.15) is 0 Å². The molecule has 0 aromatic carbocycles. The SMILES string of the molecule is CCCn1cc(N)cc1C(=O)N(C)Cc1sccc1C. The van der Waals surface area contributed by atoms with Gasteiger partial charge in [0.1, 0.15) is 5.69 Å². The minimum atomic E-state index is 0.0166. The van der Waals surface area contributed by atoms with Crippen LogP contribution in [0.4, 0.5) is 5.69 Å². The highest BCUT2D eigenvalue weighted by Gasteiger charge is 2.18. The zero-order valence-electron chi connectivity index (χ0n) is 12.2. The van der Waals surface area contributed by atoms with Gasteiger partial charge in [0.25, 0.3) is 5.91 Å². The summed E-state index contributed by atoms with van der Waals surface area (Å²) in [6.07, 6.45) is 2.81. The number of amides is 1. The first-order valence-electron chi connectivity index (χ1n) is 6.77. The molecule has 0 aliphatic heterocycles. The van der Waals surface area contributed by atoms with Crippen LogP contribution in [0.1, 0.15) is 34.3 Å². The predicted molar refractivity (Wildman–Crippen MR) is 84.0 cm³/mol. The third-order valence-corrected chi connectivity index (χ3v) is 4.30. The van der Waals surface area contributed by atoms with Gasteiger partial charge in [0.15, 0.2) is 0 Å². The number of aromatic nitrogens is 1. The van der Waals surface area contributed by atoms with Crippen molar-refractivity contribution in [1.82, 2.24) is 9.47 Å². The van der Waals surface area contributed by atoms with Crippen LogP contribution < -0.4 is 5.73 Å². The Bertz CT molecular complexity index is 600. The number of nitrogens with zero attached hydrogens (tertiary/aromatic N) is 2. The summed E-state index contributed by atoms with van der Waals surface area (Å²) in [4.78, 5) is 15.5. The first-order valence-corrected chi connectivity index (χ1v) is 7.65. The molecule has 0 saturated carbocycles. The Kier molecular flexibility index (Phi) is 4.49. The maximum absolute atomic E-state index is 12.5. The lowest BCUT2D eigenvalue weighted by Crippen LogP contribution is -2.28. The lowest BCUT2D eigenvalue weighted by molar-refractivity contribution is 0.0775. The standard InChI is InChI=1S/C15H21N3OS/c1-4-6-18-9-12(16)8-13(18)15(19)17(3)10-14-11(2)5-7-20-14/h5,7-9H,4,6,10,16H2,1-3H3. The fraction of sp³-hybridized carbons (Fsp3) is 0.400. The van der Waals surface area contributed by atoms with E-state index in [2.05, 4.69) is 25.3 Å². The Morgan fingerprint density at radius 2 is 2.25 bits per heavy atom. The molecule has 0 atom stereocenters. The first-order chi connectivity index (χ1) is 9.52. The monoisotopic (exact) mass is 291 g/mol. The van der Waals surface area contributed by atoms with E-state index in [1.165, 1.54) is 10.4 Å². The van der Waals surface area contributed by atoms with E-state index in [1.54, 1.807) is 22.3 Å². The van der Waals surface area contributed by atoms with Gasteiger partial charge in [-0.1, -0.05) is 6.92 Å². The number of nitrogens with two attached hydrogens (primary N) is 1. The minimum Gasteiger partial charge on any atom is -0.397 e. The summed E-state index contributed by atoms with van der Waals surface area (Å²) in [5.41, 5.74) is 8.36. The molecule has 0 aliphatic carbocycles. The molecule has 2 heterocycles. The Morgan fingerprint density at radius 1 is 1.50 bits per heavy atom. The summed E-state index contributed by atoms with van der Waals surface area (Å²) in [6, 6.07) is 3.84. The van der Waals surface area contributed by atoms with Crippen molar-refractivity contribution in [3.63, 3.8) is 0 Å². The molecule has 2 aromatic heterocycles. The molecule has 2 N–H and O–H groups in total. The van der Waals surface area contributed by atoms with Crippen LogP contribution >= 0.6 is 11.3 Å². The number of anilines is 1. The molecule has 0 unspecified atom stereocenters. The summed E-state index contributed by atoms with van der Waals surface area (Å²) in [5.74, 6) is 0.0166. The first kappa shape index (κ1) is 14.7. The molecule has 0 radical (unpaired) electrons. The second-order valence-corrected chi connectivity index (χ2v) is 6.04. The molecular formula is C15H21N3OS. The number of hydrogen-bond acceptors (Lipinski definition) is 3. The highest BCUT2D eigenvalue weighted by molar-refractivity contribution is 7.10. The number of rotatable bonds is 5. The van der Waals surface area contributed by atoms with Crippen LogP contribution in [0, 0.1) is 6.92 Å². The van der Waals surface area contributed by atoms with E-state index in [1.807, 2.05) is 17.8 Å². The van der Waals surface area contributed by atoms with Crippen LogP contribution in [0.5, 0.6) is 0 Å². The van der Waals surface area contributed by atoms with E-state index in [-0.39, 0.29) is 5.91 Å². The van der Waals surface area contributed by atoms with Gasteiger partial charge in [-0.05, 0) is 36.4 Å². The maximum atomic E-state index is 12.5. The minimum absolute atomic E-state index is 0.0166. The number of hydrogen-bond donors (Lipinski definition) is 1. The summed E-state index contributed by atoms with van der Waals surface area (Å²) in [5, 5.41) is 2.06. The zero-order valence-corrected chi connectivity index (χ0v) is 13.0. The zero-order chi connectivity index (χ0) is 14.7. The third-order valence-electron chi connectivity index (χ3n) is 3.30. The van der Waals surface area contributed by atoms with Crippen molar-refractivity contribution in [2.75, 3.05) is 12.8 Å². The van der Waals surface area contributed by atoms with Gasteiger partial charge < -0.3 is 15.2 Å². The average molecular weight is 291 g/mol. The van der Waals surface area contributed by atoms with Gasteiger partial charge in [-0.15, -0.1) is 11.3 Å². The van der Waals surface area contributed by atoms with Crippen molar-refractivity contribution in [3.05, 3.63) is 39.8 Å². The molecule has 0 bridgehead atoms. The van der Waals surface area contributed by atoms with Crippen molar-refractivity contribution in [2.24, 2.45) is 0 Å². The second kappa shape index (κ2) is 6.13. The predicted octanol–water partition coefficient (Wildman–Crippen LogP) is 3.12. The summed E-state index contributed by atoms with van der Waals surface area (Å²) < 4.78 is 1.94. The van der Waals surface area contributed by atoms with Crippen molar-refractivity contribution >= 4 is 22.9 Å². The van der Waals surface area contributed by atoms with Gasteiger partial charge in [-0.3, -0.25) is 4.79 Å². The number of aryl methyl sites for hydroxylation is 2. The van der Waals surface area contributed by atoms with Crippen LogP contribution in [0.15, 0.2) is 23.7 Å². The van der Waals surface area contributed by atoms with Crippen molar-refractivity contribution < 1.29 is 4.79 Å². The highest BCUT2D eigenvalue weighted by Crippen LogP contribution is 2.19. The number of thiophene rings is 1. The third kappa shape index (κ3) is 3.04. The van der Waals surface area contributed by atoms with E-state index in [9.17, 15) is 4.79 Å². The smallest absolute Gasteiger partial charge is 0.270 e. The van der Waals surface area contributed by atoms with Crippen molar-refractivity contribution in [2.45, 2.75) is 33.4 Å². The maximum Gasteiger partial charge on any atom is 0.270 e. The molecular weight excluding hydrogens is 270 g/mol. The van der Waals surface area contributed by atoms with Crippen LogP contribution in [0.25, 0.3) is 0 Å². The van der Waals surface area contributed by atoms with Crippen LogP contribution in [0.3, 0.4) is 0 Å². The molecule has 1 amide bonds. The molecule has 0 saturated heterocycles. The fourth-order valence-electron chi connectivity index (χ4n) is 2.19. The van der Waals surface area contributed by atoms with E-state index in [4.69, 9.17) is 5.73 Å². The molecule has 0 aliphatic rings. The van der Waals surface area contributed by atoms with Gasteiger partial charge in [0.05, 0.1) is 12.2 Å². The molecule has 2 rings (SSSR count). The highest BCUT2D eigenvalue weighted by atomic mass is 32.1. The summed E-state index contributed by atoms with van der Waals surface area (Å²) >= 11 is 1.68. The van der Waals surface area contributed by atoms with Crippen molar-refractivity contribution in [1.29, 1.82) is 0 Å². The average Bonchev–Trinajstić information content (AvgIpc) is 2.96. The quantitative estimate of drug-likeness (QED) is 0.920. The fourth-order valence-corrected chi connectivity index (χ4v) is 3.15. The largest absolute Gasteiger partial charge is 0.397 e. The van der Waals surface area contributed by atoms with Crippen LogP contribution in [0.2, 0.25) is 0 Å². The van der Waals surface area contributed by atoms with Crippen LogP contribution in [-0.2, 0) is 13.1 Å². The molecule has 0 fully saturated rings. The van der Waals surface area contributed by atoms with Gasteiger partial charge in [0, 0.05) is 24.7 Å². The Morgan fingerprint density at radius 3 is 2.85 bits per heavy atom. The molecule has 2 aromatic rings. The normalized spacial score (nSPS) is 10.8. The molecule has 5 heteroatoms. The van der Waals surface area contributed by atoms with Crippen molar-refractivity contribution in [3.8, 4) is 0 Å². The Balaban J connectivity index is 2.16. The molecule has 20 heavy (non-hydrogen) atoms.